The number of anilines is 1. The van der Waals surface area contributed by atoms with Gasteiger partial charge in [0.05, 0.1) is 31.3 Å². The Balaban J connectivity index is 1.39. The number of aryl methyl sites for hydroxylation is 1. The molecule has 1 aliphatic heterocycles. The number of amides is 1. The Hall–Kier alpha value is -2.90. The highest BCUT2D eigenvalue weighted by Gasteiger charge is 2.30. The molecule has 0 bridgehead atoms. The molecular formula is C23H24FN3O4P. The second-order valence-corrected chi connectivity index (χ2v) is 9.52. The normalized spacial score (nSPS) is 15.7. The van der Waals surface area contributed by atoms with Gasteiger partial charge in [-0.2, -0.15) is 5.10 Å². The van der Waals surface area contributed by atoms with Crippen molar-refractivity contribution in [1.29, 1.82) is 0 Å². The van der Waals surface area contributed by atoms with E-state index in [1.54, 1.807) is 48.3 Å². The van der Waals surface area contributed by atoms with Gasteiger partial charge in [-0.25, -0.2) is 4.39 Å². The summed E-state index contributed by atoms with van der Waals surface area (Å²) in [5.41, 5.74) is 3.83. The van der Waals surface area contributed by atoms with Crippen molar-refractivity contribution < 1.29 is 23.1 Å². The van der Waals surface area contributed by atoms with Crippen molar-refractivity contribution in [3.8, 4) is 11.3 Å². The molecule has 0 saturated carbocycles. The SMILES string of the molecule is Cn1ncc(C=CC(=O)Nc2ccc(C[P]3(O)OCCCO3)cc2)c1-c1ccc(F)cc1. The van der Waals surface area contributed by atoms with E-state index in [0.29, 0.717) is 25.1 Å². The van der Waals surface area contributed by atoms with Crippen LogP contribution >= 0.6 is 7.94 Å². The molecule has 4 rings (SSSR count). The van der Waals surface area contributed by atoms with Crippen LogP contribution in [-0.4, -0.2) is 33.8 Å². The number of aromatic nitrogens is 2. The van der Waals surface area contributed by atoms with E-state index in [1.807, 2.05) is 12.1 Å². The van der Waals surface area contributed by atoms with Crippen LogP contribution in [0.2, 0.25) is 0 Å². The monoisotopic (exact) mass is 456 g/mol. The van der Waals surface area contributed by atoms with E-state index < -0.39 is 7.94 Å². The molecule has 0 spiro atoms. The van der Waals surface area contributed by atoms with Crippen LogP contribution in [0.25, 0.3) is 17.3 Å². The largest absolute Gasteiger partial charge is 0.335 e. The van der Waals surface area contributed by atoms with E-state index in [9.17, 15) is 14.1 Å². The van der Waals surface area contributed by atoms with Crippen molar-refractivity contribution >= 4 is 25.6 Å². The lowest BCUT2D eigenvalue weighted by atomic mass is 10.1. The van der Waals surface area contributed by atoms with E-state index in [-0.39, 0.29) is 11.7 Å². The van der Waals surface area contributed by atoms with Crippen LogP contribution in [0.1, 0.15) is 17.5 Å². The average Bonchev–Trinajstić information content (AvgIpc) is 3.15. The molecule has 1 aliphatic rings. The Kier molecular flexibility index (Phi) is 6.77. The zero-order valence-electron chi connectivity index (χ0n) is 17.6. The van der Waals surface area contributed by atoms with Crippen LogP contribution in [0.4, 0.5) is 10.1 Å². The first-order valence-electron chi connectivity index (χ1n) is 10.2. The smallest absolute Gasteiger partial charge is 0.248 e. The summed E-state index contributed by atoms with van der Waals surface area (Å²) in [7, 11) is -1.04. The Labute approximate surface area is 186 Å². The summed E-state index contributed by atoms with van der Waals surface area (Å²) < 4.78 is 25.8. The highest BCUT2D eigenvalue weighted by Crippen LogP contribution is 2.61. The third-order valence-corrected chi connectivity index (χ3v) is 6.91. The van der Waals surface area contributed by atoms with E-state index in [1.165, 1.54) is 18.2 Å². The molecule has 1 aromatic heterocycles. The van der Waals surface area contributed by atoms with Gasteiger partial charge in [-0.05, 0) is 54.5 Å². The molecule has 1 fully saturated rings. The first kappa shape index (κ1) is 22.3. The molecular weight excluding hydrogens is 432 g/mol. The van der Waals surface area contributed by atoms with Gasteiger partial charge in [0.15, 0.2) is 0 Å². The zero-order chi connectivity index (χ0) is 22.6. The number of carbonyl (C=O) groups excluding carboxylic acids is 1. The lowest BCUT2D eigenvalue weighted by Gasteiger charge is -2.32. The molecule has 2 aromatic carbocycles. The van der Waals surface area contributed by atoms with Gasteiger partial charge in [0.25, 0.3) is 0 Å². The van der Waals surface area contributed by atoms with Crippen LogP contribution in [-0.2, 0) is 27.1 Å². The fourth-order valence-electron chi connectivity index (χ4n) is 3.41. The fraction of sp³-hybridized carbons (Fsp3) is 0.217. The molecule has 167 valence electrons. The third kappa shape index (κ3) is 5.47. The van der Waals surface area contributed by atoms with Gasteiger partial charge in [-0.3, -0.25) is 9.48 Å². The predicted molar refractivity (Wildman–Crippen MR) is 122 cm³/mol. The number of benzene rings is 2. The Bertz CT molecular complexity index is 1110. The molecule has 9 heteroatoms. The first-order valence-corrected chi connectivity index (χ1v) is 11.9. The van der Waals surface area contributed by atoms with Gasteiger partial charge in [0.2, 0.25) is 13.9 Å². The van der Waals surface area contributed by atoms with Crippen LogP contribution in [0, 0.1) is 5.82 Å². The van der Waals surface area contributed by atoms with Crippen LogP contribution in [0.5, 0.6) is 0 Å². The minimum absolute atomic E-state index is 0.295. The molecule has 2 heterocycles. The lowest BCUT2D eigenvalue weighted by molar-refractivity contribution is -0.111. The number of rotatable bonds is 6. The van der Waals surface area contributed by atoms with E-state index in [4.69, 9.17) is 9.05 Å². The molecule has 1 amide bonds. The lowest BCUT2D eigenvalue weighted by Crippen LogP contribution is -2.14. The molecule has 0 atom stereocenters. The Morgan fingerprint density at radius 3 is 2.56 bits per heavy atom. The number of nitrogens with one attached hydrogen (secondary N) is 1. The third-order valence-electron chi connectivity index (χ3n) is 4.98. The Morgan fingerprint density at radius 2 is 1.88 bits per heavy atom. The molecule has 2 N–H and O–H groups in total. The van der Waals surface area contributed by atoms with Crippen molar-refractivity contribution in [2.75, 3.05) is 18.5 Å². The molecule has 1 saturated heterocycles. The van der Waals surface area contributed by atoms with Crippen LogP contribution < -0.4 is 5.32 Å². The summed E-state index contributed by atoms with van der Waals surface area (Å²) in [6.07, 6.45) is 5.85. The van der Waals surface area contributed by atoms with Gasteiger partial charge in [-0.1, -0.05) is 12.1 Å². The van der Waals surface area contributed by atoms with E-state index in [2.05, 4.69) is 10.4 Å². The second kappa shape index (κ2) is 9.71. The minimum Gasteiger partial charge on any atom is -0.335 e. The Morgan fingerprint density at radius 1 is 1.19 bits per heavy atom. The standard InChI is InChI=1S/C23H24FN3O4P/c1-27-23(18-5-8-20(24)9-6-18)19(15-25-27)7-12-22(28)26-21-10-3-17(4-11-21)16-32(29)30-13-2-14-31-32/h3-12,15,29H,2,13-14,16H2,1H3,(H,26,28). The van der Waals surface area contributed by atoms with Crippen molar-refractivity contribution in [3.63, 3.8) is 0 Å². The maximum Gasteiger partial charge on any atom is 0.248 e. The maximum atomic E-state index is 13.2. The van der Waals surface area contributed by atoms with Gasteiger partial charge >= 0.3 is 0 Å². The number of hydrogen-bond donors (Lipinski definition) is 2. The molecule has 32 heavy (non-hydrogen) atoms. The summed E-state index contributed by atoms with van der Waals surface area (Å²) in [4.78, 5) is 22.8. The molecule has 3 aromatic rings. The summed E-state index contributed by atoms with van der Waals surface area (Å²) >= 11 is 0. The number of nitrogens with zero attached hydrogens (tertiary/aromatic N) is 2. The number of carbonyl (C=O) groups is 1. The van der Waals surface area contributed by atoms with Crippen molar-refractivity contribution in [1.82, 2.24) is 9.78 Å². The second-order valence-electron chi connectivity index (χ2n) is 7.41. The number of halogens is 1. The van der Waals surface area contributed by atoms with Crippen LogP contribution in [0.15, 0.2) is 60.8 Å². The van der Waals surface area contributed by atoms with Crippen LogP contribution in [0.3, 0.4) is 0 Å². The zero-order valence-corrected chi connectivity index (χ0v) is 18.5. The van der Waals surface area contributed by atoms with E-state index in [0.717, 1.165) is 28.8 Å². The van der Waals surface area contributed by atoms with E-state index >= 15 is 0 Å². The topological polar surface area (TPSA) is 85.6 Å². The average molecular weight is 456 g/mol. The fourth-order valence-corrected chi connectivity index (χ4v) is 5.17. The minimum atomic E-state index is -2.83. The molecule has 0 aliphatic carbocycles. The quantitative estimate of drug-likeness (QED) is 0.419. The predicted octanol–water partition coefficient (Wildman–Crippen LogP) is 4.57. The molecule has 1 radical (unpaired) electrons. The van der Waals surface area contributed by atoms with Crippen molar-refractivity contribution in [3.05, 3.63) is 77.7 Å². The first-order chi connectivity index (χ1) is 15.4. The van der Waals surface area contributed by atoms with Gasteiger partial charge in [0, 0.05) is 29.9 Å². The highest BCUT2D eigenvalue weighted by molar-refractivity contribution is 7.59. The maximum absolute atomic E-state index is 13.2. The van der Waals surface area contributed by atoms with Gasteiger partial charge < -0.3 is 19.3 Å². The summed E-state index contributed by atoms with van der Waals surface area (Å²) in [5.74, 6) is -0.607. The highest BCUT2D eigenvalue weighted by atomic mass is 31.2. The van der Waals surface area contributed by atoms with Crippen molar-refractivity contribution in [2.24, 2.45) is 7.05 Å². The molecule has 0 unspecified atom stereocenters. The summed E-state index contributed by atoms with van der Waals surface area (Å²) in [6, 6.07) is 13.3. The summed E-state index contributed by atoms with van der Waals surface area (Å²) in [6.45, 7) is 1.01. The van der Waals surface area contributed by atoms with Gasteiger partial charge in [0.1, 0.15) is 5.82 Å². The molecule has 7 nitrogen and oxygen atoms in total. The van der Waals surface area contributed by atoms with Gasteiger partial charge in [-0.15, -0.1) is 0 Å². The number of hydrogen-bond acceptors (Lipinski definition) is 5. The summed E-state index contributed by atoms with van der Waals surface area (Å²) in [5, 5.41) is 7.05. The van der Waals surface area contributed by atoms with Crippen molar-refractivity contribution in [2.45, 2.75) is 12.6 Å².